The van der Waals surface area contributed by atoms with Crippen molar-refractivity contribution in [2.45, 2.75) is 39.7 Å². The molecular formula is C22H26Cl2N2O3. The number of furan rings is 2. The lowest BCUT2D eigenvalue weighted by molar-refractivity contribution is 0.0907. The summed E-state index contributed by atoms with van der Waals surface area (Å²) >= 11 is 6.24. The molecule has 1 aliphatic heterocycles. The van der Waals surface area contributed by atoms with Gasteiger partial charge >= 0.3 is 0 Å². The first-order valence-corrected chi connectivity index (χ1v) is 10.1. The highest BCUT2D eigenvalue weighted by Gasteiger charge is 2.27. The van der Waals surface area contributed by atoms with Gasteiger partial charge in [-0.3, -0.25) is 9.69 Å². The lowest BCUT2D eigenvalue weighted by Crippen LogP contribution is -2.36. The summed E-state index contributed by atoms with van der Waals surface area (Å²) in [7, 11) is 0. The molecule has 4 rings (SSSR count). The molecule has 1 N–H and O–H groups in total. The minimum atomic E-state index is -0.213. The maximum absolute atomic E-state index is 12.9. The van der Waals surface area contributed by atoms with Crippen molar-refractivity contribution in [1.82, 2.24) is 10.2 Å². The normalized spacial score (nSPS) is 15.4. The van der Waals surface area contributed by atoms with Crippen LogP contribution in [-0.2, 0) is 0 Å². The topological polar surface area (TPSA) is 58.6 Å². The molecule has 29 heavy (non-hydrogen) atoms. The van der Waals surface area contributed by atoms with E-state index in [9.17, 15) is 4.79 Å². The monoisotopic (exact) mass is 436 g/mol. The highest BCUT2D eigenvalue weighted by atomic mass is 35.5. The van der Waals surface area contributed by atoms with Crippen molar-refractivity contribution in [3.8, 4) is 0 Å². The molecule has 1 amide bonds. The van der Waals surface area contributed by atoms with Gasteiger partial charge in [0.25, 0.3) is 5.91 Å². The van der Waals surface area contributed by atoms with Crippen molar-refractivity contribution in [1.29, 1.82) is 0 Å². The molecule has 1 fully saturated rings. The van der Waals surface area contributed by atoms with Gasteiger partial charge in [-0.25, -0.2) is 0 Å². The molecule has 0 aliphatic carbocycles. The standard InChI is InChI=1S/C22H25ClN2O3.ClH/c1-13-10-20-16(11-17(13)23)15(3)21(28-20)22(26)24-12-18(25-8-4-5-9-25)19-7-6-14(2)27-19;/h6-7,10-11,18H,4-5,8-9,12H2,1-3H3,(H,24,26);1H. The predicted molar refractivity (Wildman–Crippen MR) is 117 cm³/mol. The number of hydrogen-bond donors (Lipinski definition) is 1. The first-order chi connectivity index (χ1) is 13.4. The van der Waals surface area contributed by atoms with Crippen LogP contribution in [0.3, 0.4) is 0 Å². The molecular weight excluding hydrogens is 411 g/mol. The average molecular weight is 437 g/mol. The molecule has 2 aromatic heterocycles. The fourth-order valence-corrected chi connectivity index (χ4v) is 4.09. The maximum Gasteiger partial charge on any atom is 0.287 e. The van der Waals surface area contributed by atoms with Crippen LogP contribution in [0.15, 0.2) is 33.1 Å². The summed E-state index contributed by atoms with van der Waals surface area (Å²) < 4.78 is 11.7. The van der Waals surface area contributed by atoms with Crippen LogP contribution in [0, 0.1) is 20.8 Å². The SMILES string of the molecule is Cc1ccc(C(CNC(=O)c2oc3cc(C)c(Cl)cc3c2C)N2CCCC2)o1.Cl. The number of rotatable bonds is 5. The molecule has 0 bridgehead atoms. The fraction of sp³-hybridized carbons (Fsp3) is 0.409. The van der Waals surface area contributed by atoms with Gasteiger partial charge in [-0.05, 0) is 76.5 Å². The number of benzene rings is 1. The van der Waals surface area contributed by atoms with E-state index in [1.807, 2.05) is 45.0 Å². The van der Waals surface area contributed by atoms with Crippen molar-refractivity contribution in [2.75, 3.05) is 19.6 Å². The molecule has 1 saturated heterocycles. The van der Waals surface area contributed by atoms with Gasteiger partial charge < -0.3 is 14.2 Å². The Bertz CT molecular complexity index is 1020. The number of carbonyl (C=O) groups is 1. The molecule has 0 radical (unpaired) electrons. The third-order valence-electron chi connectivity index (χ3n) is 5.55. The van der Waals surface area contributed by atoms with Crippen LogP contribution in [0.4, 0.5) is 0 Å². The second-order valence-electron chi connectivity index (χ2n) is 7.57. The van der Waals surface area contributed by atoms with E-state index in [1.165, 1.54) is 12.8 Å². The Kier molecular flexibility index (Phi) is 6.62. The third-order valence-corrected chi connectivity index (χ3v) is 5.96. The summed E-state index contributed by atoms with van der Waals surface area (Å²) in [5.74, 6) is 1.90. The van der Waals surface area contributed by atoms with Crippen LogP contribution in [-0.4, -0.2) is 30.4 Å². The second kappa shape index (κ2) is 8.82. The van der Waals surface area contributed by atoms with Gasteiger partial charge in [0.2, 0.25) is 0 Å². The van der Waals surface area contributed by atoms with E-state index in [2.05, 4.69) is 10.2 Å². The Hall–Kier alpha value is -1.95. The summed E-state index contributed by atoms with van der Waals surface area (Å²) in [5, 5.41) is 4.59. The Morgan fingerprint density at radius 1 is 1.17 bits per heavy atom. The molecule has 1 aliphatic rings. The van der Waals surface area contributed by atoms with Crippen LogP contribution < -0.4 is 5.32 Å². The van der Waals surface area contributed by atoms with Gasteiger partial charge in [0.15, 0.2) is 5.76 Å². The van der Waals surface area contributed by atoms with E-state index in [0.717, 1.165) is 41.1 Å². The molecule has 156 valence electrons. The zero-order chi connectivity index (χ0) is 19.8. The zero-order valence-electron chi connectivity index (χ0n) is 16.9. The molecule has 1 aromatic carbocycles. The first-order valence-electron chi connectivity index (χ1n) is 9.72. The van der Waals surface area contributed by atoms with Crippen molar-refractivity contribution in [3.63, 3.8) is 0 Å². The maximum atomic E-state index is 12.9. The van der Waals surface area contributed by atoms with Crippen LogP contribution in [0.1, 0.15) is 52.1 Å². The Morgan fingerprint density at radius 3 is 2.55 bits per heavy atom. The zero-order valence-corrected chi connectivity index (χ0v) is 18.5. The number of fused-ring (bicyclic) bond motifs is 1. The highest BCUT2D eigenvalue weighted by molar-refractivity contribution is 6.32. The summed E-state index contributed by atoms with van der Waals surface area (Å²) in [6, 6.07) is 7.74. The molecule has 0 spiro atoms. The summed E-state index contributed by atoms with van der Waals surface area (Å²) in [6.07, 6.45) is 2.35. The van der Waals surface area contributed by atoms with Gasteiger partial charge in [0, 0.05) is 22.5 Å². The lowest BCUT2D eigenvalue weighted by atomic mass is 10.1. The number of halogens is 2. The predicted octanol–water partition coefficient (Wildman–Crippen LogP) is 5.59. The quantitative estimate of drug-likeness (QED) is 0.565. The van der Waals surface area contributed by atoms with Gasteiger partial charge in [-0.1, -0.05) is 11.6 Å². The largest absolute Gasteiger partial charge is 0.465 e. The first kappa shape index (κ1) is 21.8. The number of likely N-dealkylation sites (tertiary alicyclic amines) is 1. The summed E-state index contributed by atoms with van der Waals surface area (Å²) in [4.78, 5) is 15.2. The lowest BCUT2D eigenvalue weighted by Gasteiger charge is -2.25. The average Bonchev–Trinajstić information content (AvgIpc) is 3.39. The number of nitrogens with one attached hydrogen (secondary N) is 1. The molecule has 1 atom stereocenters. The number of carbonyl (C=O) groups excluding carboxylic acids is 1. The second-order valence-corrected chi connectivity index (χ2v) is 7.98. The van der Waals surface area contributed by atoms with Crippen LogP contribution in [0.25, 0.3) is 11.0 Å². The van der Waals surface area contributed by atoms with E-state index in [0.29, 0.717) is 22.9 Å². The van der Waals surface area contributed by atoms with Crippen LogP contribution >= 0.6 is 24.0 Å². The summed E-state index contributed by atoms with van der Waals surface area (Å²) in [5.41, 5.74) is 2.42. The van der Waals surface area contributed by atoms with Crippen LogP contribution in [0.2, 0.25) is 5.02 Å². The molecule has 3 heterocycles. The minimum Gasteiger partial charge on any atom is -0.465 e. The van der Waals surface area contributed by atoms with Gasteiger partial charge in [0.1, 0.15) is 17.1 Å². The fourth-order valence-electron chi connectivity index (χ4n) is 3.92. The number of hydrogen-bond acceptors (Lipinski definition) is 4. The smallest absolute Gasteiger partial charge is 0.287 e. The van der Waals surface area contributed by atoms with E-state index < -0.39 is 0 Å². The minimum absolute atomic E-state index is 0. The highest BCUT2D eigenvalue weighted by Crippen LogP contribution is 2.31. The summed E-state index contributed by atoms with van der Waals surface area (Å²) in [6.45, 7) is 8.26. The van der Waals surface area contributed by atoms with Gasteiger partial charge in [-0.15, -0.1) is 12.4 Å². The molecule has 1 unspecified atom stereocenters. The number of nitrogens with zero attached hydrogens (tertiary/aromatic N) is 1. The Morgan fingerprint density at radius 2 is 1.90 bits per heavy atom. The van der Waals surface area contributed by atoms with E-state index in [-0.39, 0.29) is 24.4 Å². The van der Waals surface area contributed by atoms with Crippen molar-refractivity contribution < 1.29 is 13.6 Å². The van der Waals surface area contributed by atoms with E-state index >= 15 is 0 Å². The molecule has 7 heteroatoms. The van der Waals surface area contributed by atoms with Gasteiger partial charge in [-0.2, -0.15) is 0 Å². The molecule has 3 aromatic rings. The van der Waals surface area contributed by atoms with E-state index in [1.54, 1.807) is 0 Å². The van der Waals surface area contributed by atoms with E-state index in [4.69, 9.17) is 20.4 Å². The van der Waals surface area contributed by atoms with Crippen LogP contribution in [0.5, 0.6) is 0 Å². The molecule has 0 saturated carbocycles. The Labute approximate surface area is 181 Å². The number of amides is 1. The molecule has 5 nitrogen and oxygen atoms in total. The third kappa shape index (κ3) is 4.32. The van der Waals surface area contributed by atoms with Crippen molar-refractivity contribution >= 4 is 40.9 Å². The van der Waals surface area contributed by atoms with Crippen molar-refractivity contribution in [2.24, 2.45) is 0 Å². The number of aryl methyl sites for hydroxylation is 3. The Balaban J connectivity index is 0.00000240. The van der Waals surface area contributed by atoms with Gasteiger partial charge in [0.05, 0.1) is 6.04 Å². The van der Waals surface area contributed by atoms with Crippen molar-refractivity contribution in [3.05, 3.63) is 57.7 Å².